The zero-order chi connectivity index (χ0) is 12.1. The molecular weight excluding hydrogens is 212 g/mol. The highest BCUT2D eigenvalue weighted by Gasteiger charge is 2.23. The summed E-state index contributed by atoms with van der Waals surface area (Å²) in [6.45, 7) is 2.56. The van der Waals surface area contributed by atoms with Crippen LogP contribution in [0.25, 0.3) is 0 Å². The third-order valence-corrected chi connectivity index (χ3v) is 3.50. The number of carbonyl (C=O) groups excluding carboxylic acids is 1. The van der Waals surface area contributed by atoms with E-state index in [4.69, 9.17) is 0 Å². The number of carbonyl (C=O) groups is 1. The van der Waals surface area contributed by atoms with Crippen LogP contribution >= 0.6 is 0 Å². The minimum atomic E-state index is 0.0300. The number of benzene rings is 1. The van der Waals surface area contributed by atoms with Crippen LogP contribution in [0.3, 0.4) is 0 Å². The summed E-state index contributed by atoms with van der Waals surface area (Å²) in [6, 6.07) is 10.0. The third kappa shape index (κ3) is 3.56. The van der Waals surface area contributed by atoms with Crippen LogP contribution in [0.1, 0.15) is 26.2 Å². The average Bonchev–Trinajstić information content (AvgIpc) is 2.25. The molecule has 1 atom stereocenters. The van der Waals surface area contributed by atoms with Gasteiger partial charge in [-0.05, 0) is 37.8 Å². The molecule has 1 amide bonds. The average molecular weight is 232 g/mol. The molecule has 0 radical (unpaired) electrons. The van der Waals surface area contributed by atoms with Crippen molar-refractivity contribution in [2.45, 2.75) is 32.2 Å². The summed E-state index contributed by atoms with van der Waals surface area (Å²) in [5.74, 6) is 0.793. The van der Waals surface area contributed by atoms with Gasteiger partial charge in [-0.25, -0.2) is 0 Å². The molecule has 1 saturated carbocycles. The number of anilines is 1. The molecule has 1 aliphatic carbocycles. The van der Waals surface area contributed by atoms with Crippen LogP contribution in [-0.2, 0) is 4.79 Å². The summed E-state index contributed by atoms with van der Waals surface area (Å²) in [6.07, 6.45) is 3.94. The smallest absolute Gasteiger partial charge is 0.238 e. The molecule has 1 aliphatic rings. The molecule has 3 nitrogen and oxygen atoms in total. The van der Waals surface area contributed by atoms with Crippen molar-refractivity contribution < 1.29 is 4.79 Å². The molecule has 0 saturated heterocycles. The predicted molar refractivity (Wildman–Crippen MR) is 69.9 cm³/mol. The lowest BCUT2D eigenvalue weighted by atomic mass is 9.80. The van der Waals surface area contributed by atoms with Gasteiger partial charge >= 0.3 is 0 Å². The molecule has 0 aliphatic heterocycles. The normalized spacial score (nSPS) is 17.2. The highest BCUT2D eigenvalue weighted by atomic mass is 16.1. The quantitative estimate of drug-likeness (QED) is 0.818. The standard InChI is InChI=1S/C14H20N2O/c1-11(12-6-5-7-12)15-10-14(17)16-13-8-3-2-4-9-13/h2-4,8-9,11-12,15H,5-7,10H2,1H3,(H,16,17). The highest BCUT2D eigenvalue weighted by Crippen LogP contribution is 2.29. The Morgan fingerprint density at radius 3 is 2.65 bits per heavy atom. The van der Waals surface area contributed by atoms with Gasteiger partial charge in [0.05, 0.1) is 6.54 Å². The minimum absolute atomic E-state index is 0.0300. The van der Waals surface area contributed by atoms with Crippen molar-refractivity contribution in [3.63, 3.8) is 0 Å². The first-order valence-electron chi connectivity index (χ1n) is 6.34. The zero-order valence-corrected chi connectivity index (χ0v) is 10.3. The summed E-state index contributed by atoms with van der Waals surface area (Å²) in [4.78, 5) is 11.7. The number of para-hydroxylation sites is 1. The van der Waals surface area contributed by atoms with Crippen molar-refractivity contribution in [3.05, 3.63) is 30.3 Å². The Labute approximate surface area is 103 Å². The van der Waals surface area contributed by atoms with Gasteiger partial charge in [-0.15, -0.1) is 0 Å². The number of nitrogens with one attached hydrogen (secondary N) is 2. The zero-order valence-electron chi connectivity index (χ0n) is 10.3. The molecule has 3 heteroatoms. The Bertz CT molecular complexity index is 360. The van der Waals surface area contributed by atoms with Gasteiger partial charge in [0, 0.05) is 11.7 Å². The van der Waals surface area contributed by atoms with Crippen molar-refractivity contribution in [2.75, 3.05) is 11.9 Å². The van der Waals surface area contributed by atoms with Gasteiger partial charge in [-0.3, -0.25) is 4.79 Å². The molecule has 2 rings (SSSR count). The summed E-state index contributed by atoms with van der Waals surface area (Å²) in [5.41, 5.74) is 0.857. The van der Waals surface area contributed by atoms with Gasteiger partial charge in [0.1, 0.15) is 0 Å². The topological polar surface area (TPSA) is 41.1 Å². The van der Waals surface area contributed by atoms with Crippen molar-refractivity contribution in [1.29, 1.82) is 0 Å². The first-order chi connectivity index (χ1) is 8.25. The summed E-state index contributed by atoms with van der Waals surface area (Å²) in [5, 5.41) is 6.16. The Balaban J connectivity index is 1.70. The number of hydrogen-bond donors (Lipinski definition) is 2. The first kappa shape index (κ1) is 12.1. The minimum Gasteiger partial charge on any atom is -0.325 e. The number of rotatable bonds is 5. The van der Waals surface area contributed by atoms with E-state index in [0.29, 0.717) is 12.6 Å². The SMILES string of the molecule is CC(NCC(=O)Nc1ccccc1)C1CCC1. The number of hydrogen-bond acceptors (Lipinski definition) is 2. The van der Waals surface area contributed by atoms with E-state index in [1.807, 2.05) is 30.3 Å². The van der Waals surface area contributed by atoms with Crippen LogP contribution in [-0.4, -0.2) is 18.5 Å². The van der Waals surface area contributed by atoms with E-state index in [2.05, 4.69) is 17.6 Å². The van der Waals surface area contributed by atoms with E-state index in [1.165, 1.54) is 19.3 Å². The first-order valence-corrected chi connectivity index (χ1v) is 6.34. The molecule has 0 spiro atoms. The van der Waals surface area contributed by atoms with Crippen LogP contribution in [0, 0.1) is 5.92 Å². The second-order valence-electron chi connectivity index (χ2n) is 4.77. The van der Waals surface area contributed by atoms with Crippen LogP contribution in [0.15, 0.2) is 30.3 Å². The van der Waals surface area contributed by atoms with Crippen LogP contribution in [0.2, 0.25) is 0 Å². The lowest BCUT2D eigenvalue weighted by molar-refractivity contribution is -0.115. The Kier molecular flexibility index (Phi) is 4.15. The van der Waals surface area contributed by atoms with E-state index in [-0.39, 0.29) is 5.91 Å². The van der Waals surface area contributed by atoms with Gasteiger partial charge in [-0.1, -0.05) is 24.6 Å². The highest BCUT2D eigenvalue weighted by molar-refractivity contribution is 5.92. The summed E-state index contributed by atoms with van der Waals surface area (Å²) < 4.78 is 0. The van der Waals surface area contributed by atoms with Gasteiger partial charge in [0.2, 0.25) is 5.91 Å². The predicted octanol–water partition coefficient (Wildman–Crippen LogP) is 2.40. The maximum Gasteiger partial charge on any atom is 0.238 e. The molecule has 17 heavy (non-hydrogen) atoms. The van der Waals surface area contributed by atoms with E-state index in [0.717, 1.165) is 11.6 Å². The Morgan fingerprint density at radius 1 is 1.35 bits per heavy atom. The van der Waals surface area contributed by atoms with Gasteiger partial charge < -0.3 is 10.6 Å². The maximum atomic E-state index is 11.7. The van der Waals surface area contributed by atoms with Crippen molar-refractivity contribution >= 4 is 11.6 Å². The van der Waals surface area contributed by atoms with E-state index in [9.17, 15) is 4.79 Å². The molecular formula is C14H20N2O. The van der Waals surface area contributed by atoms with Gasteiger partial charge in [0.25, 0.3) is 0 Å². The fourth-order valence-electron chi connectivity index (χ4n) is 2.09. The fourth-order valence-corrected chi connectivity index (χ4v) is 2.09. The number of amides is 1. The van der Waals surface area contributed by atoms with Gasteiger partial charge in [-0.2, -0.15) is 0 Å². The summed E-state index contributed by atoms with van der Waals surface area (Å²) in [7, 11) is 0. The molecule has 2 N–H and O–H groups in total. The lowest BCUT2D eigenvalue weighted by Crippen LogP contribution is -2.41. The second kappa shape index (κ2) is 5.82. The Hall–Kier alpha value is -1.35. The van der Waals surface area contributed by atoms with Crippen LogP contribution < -0.4 is 10.6 Å². The lowest BCUT2D eigenvalue weighted by Gasteiger charge is -2.31. The Morgan fingerprint density at radius 2 is 2.06 bits per heavy atom. The molecule has 0 heterocycles. The largest absolute Gasteiger partial charge is 0.325 e. The van der Waals surface area contributed by atoms with Crippen LogP contribution in [0.4, 0.5) is 5.69 Å². The molecule has 1 unspecified atom stereocenters. The molecule has 92 valence electrons. The second-order valence-corrected chi connectivity index (χ2v) is 4.77. The molecule has 1 aromatic rings. The maximum absolute atomic E-state index is 11.7. The van der Waals surface area contributed by atoms with Gasteiger partial charge in [0.15, 0.2) is 0 Å². The monoisotopic (exact) mass is 232 g/mol. The summed E-state index contributed by atoms with van der Waals surface area (Å²) >= 11 is 0. The van der Waals surface area contributed by atoms with E-state index >= 15 is 0 Å². The molecule has 1 aromatic carbocycles. The molecule has 0 aromatic heterocycles. The van der Waals surface area contributed by atoms with E-state index < -0.39 is 0 Å². The van der Waals surface area contributed by atoms with Crippen LogP contribution in [0.5, 0.6) is 0 Å². The van der Waals surface area contributed by atoms with Crippen molar-refractivity contribution in [1.82, 2.24) is 5.32 Å². The van der Waals surface area contributed by atoms with Crippen molar-refractivity contribution in [3.8, 4) is 0 Å². The fraction of sp³-hybridized carbons (Fsp3) is 0.500. The molecule has 0 bridgehead atoms. The molecule has 1 fully saturated rings. The van der Waals surface area contributed by atoms with Crippen molar-refractivity contribution in [2.24, 2.45) is 5.92 Å². The van der Waals surface area contributed by atoms with E-state index in [1.54, 1.807) is 0 Å². The third-order valence-electron chi connectivity index (χ3n) is 3.50.